The van der Waals surface area contributed by atoms with Crippen LogP contribution in [0.3, 0.4) is 0 Å². The first-order valence-corrected chi connectivity index (χ1v) is 5.22. The molecule has 0 aromatic heterocycles. The van der Waals surface area contributed by atoms with E-state index in [4.69, 9.17) is 9.47 Å². The molecule has 3 rings (SSSR count). The molecule has 0 N–H and O–H groups in total. The van der Waals surface area contributed by atoms with Crippen LogP contribution in [0.2, 0.25) is 0 Å². The summed E-state index contributed by atoms with van der Waals surface area (Å²) in [7, 11) is 0. The van der Waals surface area contributed by atoms with Gasteiger partial charge in [0.25, 0.3) is 0 Å². The van der Waals surface area contributed by atoms with Gasteiger partial charge in [0.1, 0.15) is 0 Å². The van der Waals surface area contributed by atoms with Gasteiger partial charge >= 0.3 is 0 Å². The highest BCUT2D eigenvalue weighted by Gasteiger charge is 2.49. The quantitative estimate of drug-likeness (QED) is 0.545. The molecule has 0 aromatic rings. The highest BCUT2D eigenvalue weighted by Crippen LogP contribution is 2.41. The molecule has 3 aliphatic rings. The predicted molar refractivity (Wildman–Crippen MR) is 49.6 cm³/mol. The van der Waals surface area contributed by atoms with Gasteiger partial charge in [0.15, 0.2) is 5.78 Å². The zero-order chi connectivity index (χ0) is 9.71. The summed E-state index contributed by atoms with van der Waals surface area (Å²) < 4.78 is 10.8. The van der Waals surface area contributed by atoms with Gasteiger partial charge in [0, 0.05) is 11.8 Å². The molecule has 3 heteroatoms. The van der Waals surface area contributed by atoms with E-state index in [1.54, 1.807) is 0 Å². The summed E-state index contributed by atoms with van der Waals surface area (Å²) in [6.07, 6.45) is 3.72. The van der Waals surface area contributed by atoms with Crippen LogP contribution in [0, 0.1) is 11.8 Å². The summed E-state index contributed by atoms with van der Waals surface area (Å²) in [5, 5.41) is 0. The van der Waals surface area contributed by atoms with Crippen molar-refractivity contribution in [2.45, 2.75) is 32.2 Å². The molecule has 1 aliphatic carbocycles. The molecule has 2 heterocycles. The SMILES string of the molecule is CC1=CC[C@H]2[C@H]3CO[C@H](O3)C(=O)[C@@H]2C1. The van der Waals surface area contributed by atoms with Gasteiger partial charge in [-0.25, -0.2) is 0 Å². The lowest BCUT2D eigenvalue weighted by Crippen LogP contribution is -2.44. The first-order valence-electron chi connectivity index (χ1n) is 5.22. The number of fused-ring (bicyclic) bond motifs is 4. The van der Waals surface area contributed by atoms with Crippen molar-refractivity contribution in [2.75, 3.05) is 6.61 Å². The van der Waals surface area contributed by atoms with Crippen LogP contribution in [-0.2, 0) is 14.3 Å². The second kappa shape index (κ2) is 2.91. The van der Waals surface area contributed by atoms with Crippen molar-refractivity contribution in [1.82, 2.24) is 0 Å². The van der Waals surface area contributed by atoms with E-state index >= 15 is 0 Å². The third-order valence-electron chi connectivity index (χ3n) is 3.58. The molecule has 2 fully saturated rings. The normalized spacial score (nSPS) is 46.1. The highest BCUT2D eigenvalue weighted by atomic mass is 16.7. The number of ether oxygens (including phenoxy) is 2. The van der Waals surface area contributed by atoms with Gasteiger partial charge in [-0.1, -0.05) is 11.6 Å². The molecular weight excluding hydrogens is 180 g/mol. The van der Waals surface area contributed by atoms with E-state index in [0.29, 0.717) is 12.5 Å². The van der Waals surface area contributed by atoms with E-state index in [9.17, 15) is 4.79 Å². The third-order valence-corrected chi connectivity index (χ3v) is 3.58. The van der Waals surface area contributed by atoms with Gasteiger partial charge in [-0.05, 0) is 19.8 Å². The average Bonchev–Trinajstić information content (AvgIpc) is 2.61. The fourth-order valence-electron chi connectivity index (χ4n) is 2.77. The fourth-order valence-corrected chi connectivity index (χ4v) is 2.77. The topological polar surface area (TPSA) is 35.5 Å². The molecule has 2 saturated heterocycles. The van der Waals surface area contributed by atoms with Crippen LogP contribution in [0.5, 0.6) is 0 Å². The number of Topliss-reactive ketones (excluding diaryl/α,β-unsaturated/α-hetero) is 1. The van der Waals surface area contributed by atoms with E-state index in [-0.39, 0.29) is 17.8 Å². The standard InChI is InChI=1S/C11H14O3/c1-6-2-3-7-8(4-6)10(12)11-13-5-9(7)14-11/h2,7-9,11H,3-5H2,1H3/t7-,8-,9-,11-/m1/s1. The van der Waals surface area contributed by atoms with Gasteiger partial charge in [-0.3, -0.25) is 4.79 Å². The number of carbonyl (C=O) groups excluding carboxylic acids is 1. The van der Waals surface area contributed by atoms with Crippen molar-refractivity contribution < 1.29 is 14.3 Å². The van der Waals surface area contributed by atoms with Crippen LogP contribution in [0.4, 0.5) is 0 Å². The average molecular weight is 194 g/mol. The molecule has 0 unspecified atom stereocenters. The predicted octanol–water partition coefficient (Wildman–Crippen LogP) is 1.28. The Morgan fingerprint density at radius 2 is 2.36 bits per heavy atom. The summed E-state index contributed by atoms with van der Waals surface area (Å²) in [4.78, 5) is 11.9. The molecule has 0 aromatic carbocycles. The Bertz CT molecular complexity index is 308. The number of carbonyl (C=O) groups is 1. The second-order valence-corrected chi connectivity index (χ2v) is 4.50. The number of allylic oxidation sites excluding steroid dienone is 2. The van der Waals surface area contributed by atoms with Gasteiger partial charge in [0.2, 0.25) is 6.29 Å². The molecule has 2 aliphatic heterocycles. The van der Waals surface area contributed by atoms with Crippen molar-refractivity contribution >= 4 is 5.78 Å². The minimum atomic E-state index is -0.549. The smallest absolute Gasteiger partial charge is 0.218 e. The van der Waals surface area contributed by atoms with Crippen molar-refractivity contribution in [3.8, 4) is 0 Å². The van der Waals surface area contributed by atoms with Gasteiger partial charge in [-0.15, -0.1) is 0 Å². The Morgan fingerprint density at radius 1 is 1.50 bits per heavy atom. The molecule has 76 valence electrons. The van der Waals surface area contributed by atoms with Crippen LogP contribution in [-0.4, -0.2) is 24.8 Å². The van der Waals surface area contributed by atoms with Gasteiger partial charge < -0.3 is 9.47 Å². The van der Waals surface area contributed by atoms with Gasteiger partial charge in [0.05, 0.1) is 12.7 Å². The monoisotopic (exact) mass is 194 g/mol. The number of hydrogen-bond donors (Lipinski definition) is 0. The summed E-state index contributed by atoms with van der Waals surface area (Å²) in [6.45, 7) is 2.70. The Labute approximate surface area is 83.1 Å². The Hall–Kier alpha value is -0.670. The van der Waals surface area contributed by atoms with E-state index in [1.807, 2.05) is 0 Å². The summed E-state index contributed by atoms with van der Waals surface area (Å²) >= 11 is 0. The van der Waals surface area contributed by atoms with Crippen molar-refractivity contribution in [3.05, 3.63) is 11.6 Å². The van der Waals surface area contributed by atoms with Crippen molar-refractivity contribution in [1.29, 1.82) is 0 Å². The summed E-state index contributed by atoms with van der Waals surface area (Å²) in [6, 6.07) is 0. The lowest BCUT2D eigenvalue weighted by molar-refractivity contribution is -0.165. The Kier molecular flexibility index (Phi) is 1.79. The maximum absolute atomic E-state index is 11.9. The molecule has 2 bridgehead atoms. The van der Waals surface area contributed by atoms with Crippen molar-refractivity contribution in [3.63, 3.8) is 0 Å². The third kappa shape index (κ3) is 1.09. The molecule has 0 radical (unpaired) electrons. The largest absolute Gasteiger partial charge is 0.343 e. The molecule has 0 amide bonds. The summed E-state index contributed by atoms with van der Waals surface area (Å²) in [5.41, 5.74) is 1.33. The van der Waals surface area contributed by atoms with Gasteiger partial charge in [-0.2, -0.15) is 0 Å². The van der Waals surface area contributed by atoms with E-state index in [1.165, 1.54) is 5.57 Å². The molecular formula is C11H14O3. The Balaban J connectivity index is 1.93. The number of ketones is 1. The van der Waals surface area contributed by atoms with E-state index in [2.05, 4.69) is 13.0 Å². The zero-order valence-electron chi connectivity index (χ0n) is 8.23. The second-order valence-electron chi connectivity index (χ2n) is 4.50. The maximum atomic E-state index is 11.9. The lowest BCUT2D eigenvalue weighted by atomic mass is 9.74. The van der Waals surface area contributed by atoms with Crippen LogP contribution < -0.4 is 0 Å². The highest BCUT2D eigenvalue weighted by molar-refractivity contribution is 5.86. The van der Waals surface area contributed by atoms with Crippen LogP contribution in [0.25, 0.3) is 0 Å². The van der Waals surface area contributed by atoms with E-state index < -0.39 is 6.29 Å². The minimum Gasteiger partial charge on any atom is -0.343 e. The molecule has 0 spiro atoms. The number of hydrogen-bond acceptors (Lipinski definition) is 3. The first-order chi connectivity index (χ1) is 6.75. The van der Waals surface area contributed by atoms with Crippen molar-refractivity contribution in [2.24, 2.45) is 11.8 Å². The van der Waals surface area contributed by atoms with Crippen LogP contribution >= 0.6 is 0 Å². The number of rotatable bonds is 0. The van der Waals surface area contributed by atoms with Crippen LogP contribution in [0.15, 0.2) is 11.6 Å². The fraction of sp³-hybridized carbons (Fsp3) is 0.727. The first kappa shape index (κ1) is 8.62. The molecule has 14 heavy (non-hydrogen) atoms. The lowest BCUT2D eigenvalue weighted by Gasteiger charge is -2.36. The van der Waals surface area contributed by atoms with E-state index in [0.717, 1.165) is 12.8 Å². The minimum absolute atomic E-state index is 0.159. The summed E-state index contributed by atoms with van der Waals surface area (Å²) in [5.74, 6) is 0.687. The molecule has 3 nitrogen and oxygen atoms in total. The Morgan fingerprint density at radius 3 is 3.21 bits per heavy atom. The zero-order valence-corrected chi connectivity index (χ0v) is 8.23. The molecule has 0 saturated carbocycles. The molecule has 4 atom stereocenters. The maximum Gasteiger partial charge on any atom is 0.218 e. The van der Waals surface area contributed by atoms with Crippen LogP contribution in [0.1, 0.15) is 19.8 Å².